The molecular weight excluding hydrogens is 342 g/mol. The smallest absolute Gasteiger partial charge is 0.274 e. The quantitative estimate of drug-likeness (QED) is 0.900. The molecule has 2 fully saturated rings. The number of nitrogens with zero attached hydrogens (tertiary/aromatic N) is 4. The molecule has 2 aliphatic rings. The predicted octanol–water partition coefficient (Wildman–Crippen LogP) is 2.49. The lowest BCUT2D eigenvalue weighted by Gasteiger charge is -2.30. The Bertz CT molecular complexity index is 846. The van der Waals surface area contributed by atoms with Crippen LogP contribution in [0.5, 0.6) is 0 Å². The van der Waals surface area contributed by atoms with Gasteiger partial charge in [-0.25, -0.2) is 4.98 Å². The standard InChI is InChI=1S/C20H25N5O2/c1-13-3-6-18(21-12-13)22-19(26)15-7-9-25(10-8-15)20(27)16-11-17(14-4-5-14)24(2)23-16/h3,6,11-12,14-15H,4-5,7-10H2,1-2H3,(H,21,22,26). The number of carbonyl (C=O) groups excluding carboxylic acids is 2. The Hall–Kier alpha value is -2.70. The Balaban J connectivity index is 1.32. The van der Waals surface area contributed by atoms with Gasteiger partial charge in [-0.05, 0) is 50.3 Å². The second kappa shape index (κ2) is 7.13. The molecule has 7 nitrogen and oxygen atoms in total. The maximum Gasteiger partial charge on any atom is 0.274 e. The van der Waals surface area contributed by atoms with Crippen molar-refractivity contribution >= 4 is 17.6 Å². The van der Waals surface area contributed by atoms with Gasteiger partial charge in [0.05, 0.1) is 0 Å². The molecule has 0 aromatic carbocycles. The van der Waals surface area contributed by atoms with Crippen molar-refractivity contribution in [2.24, 2.45) is 13.0 Å². The topological polar surface area (TPSA) is 80.1 Å². The second-order valence-corrected chi connectivity index (χ2v) is 7.63. The van der Waals surface area contributed by atoms with Crippen LogP contribution in [0.1, 0.15) is 53.3 Å². The number of piperidine rings is 1. The van der Waals surface area contributed by atoms with Crippen LogP contribution in [0.2, 0.25) is 0 Å². The molecule has 2 aromatic rings. The zero-order chi connectivity index (χ0) is 19.0. The normalized spacial score (nSPS) is 17.8. The number of aryl methyl sites for hydroxylation is 2. The average molecular weight is 367 g/mol. The number of anilines is 1. The third-order valence-electron chi connectivity index (χ3n) is 5.45. The van der Waals surface area contributed by atoms with Crippen LogP contribution in [-0.4, -0.2) is 44.6 Å². The first-order valence-electron chi connectivity index (χ1n) is 9.58. The van der Waals surface area contributed by atoms with Crippen LogP contribution in [0.3, 0.4) is 0 Å². The number of rotatable bonds is 4. The summed E-state index contributed by atoms with van der Waals surface area (Å²) in [4.78, 5) is 31.2. The number of pyridine rings is 1. The highest BCUT2D eigenvalue weighted by atomic mass is 16.2. The summed E-state index contributed by atoms with van der Waals surface area (Å²) in [6, 6.07) is 5.67. The molecule has 27 heavy (non-hydrogen) atoms. The minimum atomic E-state index is -0.0945. The molecule has 3 heterocycles. The van der Waals surface area contributed by atoms with Crippen molar-refractivity contribution in [1.82, 2.24) is 19.7 Å². The molecule has 1 aliphatic carbocycles. The van der Waals surface area contributed by atoms with E-state index in [-0.39, 0.29) is 17.7 Å². The zero-order valence-corrected chi connectivity index (χ0v) is 15.8. The Morgan fingerprint density at radius 3 is 2.52 bits per heavy atom. The van der Waals surface area contributed by atoms with E-state index >= 15 is 0 Å². The van der Waals surface area contributed by atoms with Gasteiger partial charge in [0.25, 0.3) is 5.91 Å². The highest BCUT2D eigenvalue weighted by Crippen LogP contribution is 2.40. The number of likely N-dealkylation sites (tertiary alicyclic amines) is 1. The van der Waals surface area contributed by atoms with Crippen LogP contribution < -0.4 is 5.32 Å². The molecule has 2 amide bonds. The van der Waals surface area contributed by atoms with Crippen molar-refractivity contribution in [3.63, 3.8) is 0 Å². The molecule has 1 saturated carbocycles. The molecule has 0 radical (unpaired) electrons. The highest BCUT2D eigenvalue weighted by Gasteiger charge is 2.31. The first-order chi connectivity index (χ1) is 13.0. The van der Waals surface area contributed by atoms with Gasteiger partial charge >= 0.3 is 0 Å². The minimum Gasteiger partial charge on any atom is -0.337 e. The molecule has 7 heteroatoms. The molecule has 1 N–H and O–H groups in total. The number of nitrogens with one attached hydrogen (secondary N) is 1. The van der Waals surface area contributed by atoms with E-state index in [0.717, 1.165) is 11.3 Å². The van der Waals surface area contributed by atoms with Crippen LogP contribution in [0.4, 0.5) is 5.82 Å². The number of amides is 2. The van der Waals surface area contributed by atoms with Crippen LogP contribution in [0.15, 0.2) is 24.4 Å². The van der Waals surface area contributed by atoms with Crippen LogP contribution in [0, 0.1) is 12.8 Å². The summed E-state index contributed by atoms with van der Waals surface area (Å²) in [6.45, 7) is 3.11. The minimum absolute atomic E-state index is 0.0210. The summed E-state index contributed by atoms with van der Waals surface area (Å²) in [5, 5.41) is 7.28. The average Bonchev–Trinajstić information content (AvgIpc) is 3.45. The molecular formula is C20H25N5O2. The summed E-state index contributed by atoms with van der Waals surface area (Å²) in [6.07, 6.45) is 5.42. The second-order valence-electron chi connectivity index (χ2n) is 7.63. The Labute approximate surface area is 158 Å². The maximum absolute atomic E-state index is 12.7. The van der Waals surface area contributed by atoms with Gasteiger partial charge in [-0.3, -0.25) is 14.3 Å². The first-order valence-corrected chi connectivity index (χ1v) is 9.58. The van der Waals surface area contributed by atoms with Gasteiger partial charge in [-0.15, -0.1) is 0 Å². The van der Waals surface area contributed by atoms with Gasteiger partial charge in [0.15, 0.2) is 5.69 Å². The third kappa shape index (κ3) is 3.86. The van der Waals surface area contributed by atoms with Crippen molar-refractivity contribution in [3.8, 4) is 0 Å². The van der Waals surface area contributed by atoms with Gasteiger partial charge in [0.2, 0.25) is 5.91 Å². The monoisotopic (exact) mass is 367 g/mol. The van der Waals surface area contributed by atoms with Gasteiger partial charge < -0.3 is 10.2 Å². The number of hydrogen-bond donors (Lipinski definition) is 1. The van der Waals surface area contributed by atoms with Crippen molar-refractivity contribution in [2.45, 2.75) is 38.5 Å². The van der Waals surface area contributed by atoms with E-state index < -0.39 is 0 Å². The summed E-state index contributed by atoms with van der Waals surface area (Å²) < 4.78 is 1.83. The fraction of sp³-hybridized carbons (Fsp3) is 0.500. The van der Waals surface area contributed by atoms with E-state index in [4.69, 9.17) is 0 Å². The molecule has 2 aromatic heterocycles. The Kier molecular flexibility index (Phi) is 4.68. The fourth-order valence-corrected chi connectivity index (χ4v) is 3.62. The van der Waals surface area contributed by atoms with Gasteiger partial charge in [-0.1, -0.05) is 6.07 Å². The van der Waals surface area contributed by atoms with Crippen LogP contribution in [-0.2, 0) is 11.8 Å². The van der Waals surface area contributed by atoms with E-state index in [2.05, 4.69) is 15.4 Å². The lowest BCUT2D eigenvalue weighted by atomic mass is 9.95. The molecule has 142 valence electrons. The lowest BCUT2D eigenvalue weighted by Crippen LogP contribution is -2.41. The summed E-state index contributed by atoms with van der Waals surface area (Å²) in [5.41, 5.74) is 2.73. The van der Waals surface area contributed by atoms with Crippen molar-refractivity contribution < 1.29 is 9.59 Å². The van der Waals surface area contributed by atoms with Crippen LogP contribution in [0.25, 0.3) is 0 Å². The van der Waals surface area contributed by atoms with E-state index in [0.29, 0.717) is 43.4 Å². The van der Waals surface area contributed by atoms with Gasteiger partial charge in [0, 0.05) is 43.9 Å². The first kappa shape index (κ1) is 17.7. The summed E-state index contributed by atoms with van der Waals surface area (Å²) >= 11 is 0. The van der Waals surface area contributed by atoms with E-state index in [1.54, 1.807) is 6.20 Å². The zero-order valence-electron chi connectivity index (χ0n) is 15.8. The van der Waals surface area contributed by atoms with E-state index in [1.165, 1.54) is 12.8 Å². The van der Waals surface area contributed by atoms with Crippen LogP contribution >= 0.6 is 0 Å². The molecule has 1 saturated heterocycles. The summed E-state index contributed by atoms with van der Waals surface area (Å²) in [5.74, 6) is 0.992. The highest BCUT2D eigenvalue weighted by molar-refractivity contribution is 5.94. The van der Waals surface area contributed by atoms with Crippen molar-refractivity contribution in [2.75, 3.05) is 18.4 Å². The molecule has 0 spiro atoms. The number of aromatic nitrogens is 3. The largest absolute Gasteiger partial charge is 0.337 e. The third-order valence-corrected chi connectivity index (χ3v) is 5.45. The lowest BCUT2D eigenvalue weighted by molar-refractivity contribution is -0.121. The van der Waals surface area contributed by atoms with E-state index in [1.807, 2.05) is 41.8 Å². The molecule has 0 unspecified atom stereocenters. The number of hydrogen-bond acceptors (Lipinski definition) is 4. The Morgan fingerprint density at radius 2 is 1.89 bits per heavy atom. The molecule has 0 atom stereocenters. The van der Waals surface area contributed by atoms with Gasteiger partial charge in [-0.2, -0.15) is 5.10 Å². The molecule has 1 aliphatic heterocycles. The molecule has 4 rings (SSSR count). The van der Waals surface area contributed by atoms with Crippen molar-refractivity contribution in [3.05, 3.63) is 41.3 Å². The van der Waals surface area contributed by atoms with Gasteiger partial charge in [0.1, 0.15) is 5.82 Å². The van der Waals surface area contributed by atoms with E-state index in [9.17, 15) is 9.59 Å². The Morgan fingerprint density at radius 1 is 1.15 bits per heavy atom. The SMILES string of the molecule is Cc1ccc(NC(=O)C2CCN(C(=O)c3cc(C4CC4)n(C)n3)CC2)nc1. The van der Waals surface area contributed by atoms with Crippen molar-refractivity contribution in [1.29, 1.82) is 0 Å². The molecule has 0 bridgehead atoms. The predicted molar refractivity (Wildman–Crippen MR) is 101 cm³/mol. The number of carbonyl (C=O) groups is 2. The maximum atomic E-state index is 12.7. The summed E-state index contributed by atoms with van der Waals surface area (Å²) in [7, 11) is 1.90. The fourth-order valence-electron chi connectivity index (χ4n) is 3.62.